The van der Waals surface area contributed by atoms with E-state index in [2.05, 4.69) is 23.2 Å². The van der Waals surface area contributed by atoms with Crippen molar-refractivity contribution in [1.82, 2.24) is 14.8 Å². The molecule has 0 N–H and O–H groups in total. The molecular formula is C20H20N4O. The lowest BCUT2D eigenvalue weighted by molar-refractivity contribution is -0.118. The second-order valence-corrected chi connectivity index (χ2v) is 6.49. The fraction of sp³-hybridized carbons (Fsp3) is 0.250. The molecule has 1 atom stereocenters. The normalized spacial score (nSPS) is 16.1. The van der Waals surface area contributed by atoms with Crippen LogP contribution in [-0.4, -0.2) is 26.7 Å². The Labute approximate surface area is 146 Å². The van der Waals surface area contributed by atoms with E-state index >= 15 is 0 Å². The standard InChI is InChI=1S/C20H20N4O/c1-14-12-16-10-6-7-11-17(16)24(14)19(25)13-18-21-22-20(23(18)2)15-8-4-3-5-9-15/h3-11,14H,12-13H2,1-2H3/t14-/m1/s1. The first-order valence-electron chi connectivity index (χ1n) is 8.49. The second kappa shape index (κ2) is 6.16. The van der Waals surface area contributed by atoms with Crippen LogP contribution in [0, 0.1) is 0 Å². The Hall–Kier alpha value is -2.95. The fourth-order valence-electron chi connectivity index (χ4n) is 3.52. The van der Waals surface area contributed by atoms with E-state index in [1.807, 2.05) is 65.0 Å². The topological polar surface area (TPSA) is 51.0 Å². The Balaban J connectivity index is 1.59. The third kappa shape index (κ3) is 2.71. The van der Waals surface area contributed by atoms with E-state index in [0.29, 0.717) is 5.82 Å². The molecule has 0 fully saturated rings. The molecule has 0 unspecified atom stereocenters. The number of aromatic nitrogens is 3. The van der Waals surface area contributed by atoms with Gasteiger partial charge in [-0.15, -0.1) is 10.2 Å². The number of anilines is 1. The minimum Gasteiger partial charge on any atom is -0.314 e. The van der Waals surface area contributed by atoms with Gasteiger partial charge in [-0.05, 0) is 25.0 Å². The zero-order valence-corrected chi connectivity index (χ0v) is 14.4. The van der Waals surface area contributed by atoms with Gasteiger partial charge < -0.3 is 9.47 Å². The summed E-state index contributed by atoms with van der Waals surface area (Å²) in [6.45, 7) is 2.09. The summed E-state index contributed by atoms with van der Waals surface area (Å²) in [6, 6.07) is 18.2. The van der Waals surface area contributed by atoms with Gasteiger partial charge in [-0.3, -0.25) is 4.79 Å². The number of carbonyl (C=O) groups is 1. The summed E-state index contributed by atoms with van der Waals surface area (Å²) in [5.74, 6) is 1.52. The molecule has 5 heteroatoms. The number of carbonyl (C=O) groups excluding carboxylic acids is 1. The van der Waals surface area contributed by atoms with Gasteiger partial charge in [0, 0.05) is 24.3 Å². The molecule has 0 saturated carbocycles. The third-order valence-corrected chi connectivity index (χ3v) is 4.78. The van der Waals surface area contributed by atoms with Crippen LogP contribution in [-0.2, 0) is 24.7 Å². The predicted octanol–water partition coefficient (Wildman–Crippen LogP) is 3.00. The van der Waals surface area contributed by atoms with E-state index in [-0.39, 0.29) is 18.4 Å². The highest BCUT2D eigenvalue weighted by molar-refractivity contribution is 5.97. The number of amides is 1. The SMILES string of the molecule is C[C@@H]1Cc2ccccc2N1C(=O)Cc1nnc(-c2ccccc2)n1C. The van der Waals surface area contributed by atoms with E-state index in [1.54, 1.807) is 0 Å². The number of hydrogen-bond donors (Lipinski definition) is 0. The van der Waals surface area contributed by atoms with Crippen molar-refractivity contribution in [2.45, 2.75) is 25.8 Å². The molecule has 0 saturated heterocycles. The van der Waals surface area contributed by atoms with Gasteiger partial charge in [0.15, 0.2) is 5.82 Å². The summed E-state index contributed by atoms with van der Waals surface area (Å²) in [6.07, 6.45) is 1.14. The van der Waals surface area contributed by atoms with E-state index < -0.39 is 0 Å². The van der Waals surface area contributed by atoms with Crippen LogP contribution in [0.2, 0.25) is 0 Å². The monoisotopic (exact) mass is 332 g/mol. The molecule has 2 aromatic carbocycles. The maximum absolute atomic E-state index is 12.9. The number of benzene rings is 2. The lowest BCUT2D eigenvalue weighted by atomic mass is 10.1. The molecule has 5 nitrogen and oxygen atoms in total. The smallest absolute Gasteiger partial charge is 0.234 e. The van der Waals surface area contributed by atoms with Gasteiger partial charge >= 0.3 is 0 Å². The van der Waals surface area contributed by atoms with Crippen LogP contribution in [0.4, 0.5) is 5.69 Å². The quantitative estimate of drug-likeness (QED) is 0.741. The molecule has 1 amide bonds. The van der Waals surface area contributed by atoms with Crippen LogP contribution >= 0.6 is 0 Å². The average Bonchev–Trinajstić information content (AvgIpc) is 3.15. The van der Waals surface area contributed by atoms with Crippen LogP contribution in [0.5, 0.6) is 0 Å². The lowest BCUT2D eigenvalue weighted by Crippen LogP contribution is -2.37. The molecule has 0 spiro atoms. The van der Waals surface area contributed by atoms with Gasteiger partial charge in [0.2, 0.25) is 5.91 Å². The number of fused-ring (bicyclic) bond motifs is 1. The van der Waals surface area contributed by atoms with Crippen molar-refractivity contribution in [2.75, 3.05) is 4.90 Å². The van der Waals surface area contributed by atoms with Crippen LogP contribution in [0.3, 0.4) is 0 Å². The Bertz CT molecular complexity index is 916. The number of hydrogen-bond acceptors (Lipinski definition) is 3. The Morgan fingerprint density at radius 2 is 1.80 bits per heavy atom. The van der Waals surface area contributed by atoms with Crippen molar-refractivity contribution in [3.63, 3.8) is 0 Å². The molecular weight excluding hydrogens is 312 g/mol. The minimum atomic E-state index is 0.0626. The predicted molar refractivity (Wildman–Crippen MR) is 97.2 cm³/mol. The first kappa shape index (κ1) is 15.6. The summed E-state index contributed by atoms with van der Waals surface area (Å²) in [4.78, 5) is 14.8. The van der Waals surface area contributed by atoms with Gasteiger partial charge in [-0.1, -0.05) is 48.5 Å². The Kier molecular flexibility index (Phi) is 3.84. The number of rotatable bonds is 3. The Morgan fingerprint density at radius 3 is 2.60 bits per heavy atom. The molecule has 1 aromatic heterocycles. The summed E-state index contributed by atoms with van der Waals surface area (Å²) in [7, 11) is 1.91. The highest BCUT2D eigenvalue weighted by Gasteiger charge is 2.31. The van der Waals surface area contributed by atoms with Gasteiger partial charge in [0.05, 0.1) is 6.42 Å². The maximum Gasteiger partial charge on any atom is 0.234 e. The van der Waals surface area contributed by atoms with E-state index in [1.165, 1.54) is 5.56 Å². The summed E-state index contributed by atoms with van der Waals surface area (Å²) in [5.41, 5.74) is 3.24. The van der Waals surface area contributed by atoms with Gasteiger partial charge in [0.25, 0.3) is 0 Å². The average molecular weight is 332 g/mol. The van der Waals surface area contributed by atoms with Gasteiger partial charge in [0.1, 0.15) is 5.82 Å². The van der Waals surface area contributed by atoms with Crippen LogP contribution in [0.15, 0.2) is 54.6 Å². The molecule has 0 radical (unpaired) electrons. The summed E-state index contributed by atoms with van der Waals surface area (Å²) in [5, 5.41) is 8.52. The van der Waals surface area contributed by atoms with Crippen molar-refractivity contribution in [3.8, 4) is 11.4 Å². The lowest BCUT2D eigenvalue weighted by Gasteiger charge is -2.22. The fourth-order valence-corrected chi connectivity index (χ4v) is 3.52. The molecule has 3 aromatic rings. The van der Waals surface area contributed by atoms with Crippen molar-refractivity contribution in [1.29, 1.82) is 0 Å². The largest absolute Gasteiger partial charge is 0.314 e. The minimum absolute atomic E-state index is 0.0626. The van der Waals surface area contributed by atoms with Crippen LogP contribution < -0.4 is 4.90 Å². The molecule has 4 rings (SSSR count). The first-order chi connectivity index (χ1) is 12.1. The van der Waals surface area contributed by atoms with Gasteiger partial charge in [-0.25, -0.2) is 0 Å². The molecule has 0 bridgehead atoms. The van der Waals surface area contributed by atoms with Crippen molar-refractivity contribution in [3.05, 3.63) is 66.0 Å². The molecule has 1 aliphatic heterocycles. The number of para-hydroxylation sites is 1. The summed E-state index contributed by atoms with van der Waals surface area (Å²) < 4.78 is 1.90. The molecule has 126 valence electrons. The van der Waals surface area contributed by atoms with E-state index in [9.17, 15) is 4.79 Å². The van der Waals surface area contributed by atoms with E-state index in [4.69, 9.17) is 0 Å². The molecule has 2 heterocycles. The Morgan fingerprint density at radius 1 is 1.08 bits per heavy atom. The highest BCUT2D eigenvalue weighted by Crippen LogP contribution is 2.32. The van der Waals surface area contributed by atoms with Crippen molar-refractivity contribution in [2.24, 2.45) is 7.05 Å². The number of nitrogens with zero attached hydrogens (tertiary/aromatic N) is 4. The van der Waals surface area contributed by atoms with Crippen molar-refractivity contribution >= 4 is 11.6 Å². The first-order valence-corrected chi connectivity index (χ1v) is 8.49. The zero-order valence-electron chi connectivity index (χ0n) is 14.4. The maximum atomic E-state index is 12.9. The van der Waals surface area contributed by atoms with E-state index in [0.717, 1.165) is 23.5 Å². The zero-order chi connectivity index (χ0) is 17.4. The third-order valence-electron chi connectivity index (χ3n) is 4.78. The molecule has 25 heavy (non-hydrogen) atoms. The molecule has 0 aliphatic carbocycles. The van der Waals surface area contributed by atoms with Crippen molar-refractivity contribution < 1.29 is 4.79 Å². The highest BCUT2D eigenvalue weighted by atomic mass is 16.2. The summed E-state index contributed by atoms with van der Waals surface area (Å²) >= 11 is 0. The van der Waals surface area contributed by atoms with Crippen LogP contribution in [0.1, 0.15) is 18.3 Å². The van der Waals surface area contributed by atoms with Gasteiger partial charge in [-0.2, -0.15) is 0 Å². The second-order valence-electron chi connectivity index (χ2n) is 6.49. The van der Waals surface area contributed by atoms with Crippen LogP contribution in [0.25, 0.3) is 11.4 Å². The molecule has 1 aliphatic rings.